The Hall–Kier alpha value is -0.570. The Labute approximate surface area is 90.8 Å². The van der Waals surface area contributed by atoms with Crippen molar-refractivity contribution in [2.45, 2.75) is 31.7 Å². The highest BCUT2D eigenvalue weighted by Gasteiger charge is 2.46. The summed E-state index contributed by atoms with van der Waals surface area (Å²) in [7, 11) is 0. The first kappa shape index (κ1) is 9.64. The lowest BCUT2D eigenvalue weighted by molar-refractivity contribution is -0.130. The Morgan fingerprint density at radius 3 is 2.53 bits per heavy atom. The van der Waals surface area contributed by atoms with Crippen LogP contribution < -0.4 is 0 Å². The van der Waals surface area contributed by atoms with Crippen LogP contribution >= 0.6 is 0 Å². The first-order valence-corrected chi connectivity index (χ1v) is 6.16. The molecule has 0 aromatic rings. The smallest absolute Gasteiger partial charge is 0.293 e. The first-order chi connectivity index (χ1) is 7.36. The number of ether oxygens (including phenoxy) is 1. The van der Waals surface area contributed by atoms with Crippen molar-refractivity contribution in [1.82, 2.24) is 4.90 Å². The molecule has 4 fully saturated rings. The Kier molecular flexibility index (Phi) is 2.43. The second kappa shape index (κ2) is 3.78. The van der Waals surface area contributed by atoms with Gasteiger partial charge in [-0.3, -0.25) is 9.69 Å². The van der Waals surface area contributed by atoms with Crippen LogP contribution in [0, 0.1) is 17.8 Å². The molecule has 0 radical (unpaired) electrons. The second-order valence-corrected chi connectivity index (χ2v) is 5.48. The molecule has 1 saturated carbocycles. The van der Waals surface area contributed by atoms with Crippen LogP contribution in [0.15, 0.2) is 0 Å². The molecule has 3 heteroatoms. The molecule has 4 rings (SSSR count). The monoisotopic (exact) mass is 209 g/mol. The minimum absolute atomic E-state index is 0.575. The second-order valence-electron chi connectivity index (χ2n) is 5.48. The highest BCUT2D eigenvalue weighted by molar-refractivity contribution is 5.36. The highest BCUT2D eigenvalue weighted by atomic mass is 16.5. The van der Waals surface area contributed by atoms with Crippen LogP contribution in [0.1, 0.15) is 25.7 Å². The van der Waals surface area contributed by atoms with Gasteiger partial charge in [0.1, 0.15) is 0 Å². The van der Waals surface area contributed by atoms with Gasteiger partial charge in [0.15, 0.2) is 0 Å². The van der Waals surface area contributed by atoms with Crippen molar-refractivity contribution >= 4 is 6.47 Å². The van der Waals surface area contributed by atoms with E-state index >= 15 is 0 Å². The van der Waals surface area contributed by atoms with Gasteiger partial charge in [0.2, 0.25) is 0 Å². The summed E-state index contributed by atoms with van der Waals surface area (Å²) in [5, 5.41) is 0. The van der Waals surface area contributed by atoms with Crippen molar-refractivity contribution in [3.63, 3.8) is 0 Å². The highest BCUT2D eigenvalue weighted by Crippen LogP contribution is 2.47. The van der Waals surface area contributed by atoms with Gasteiger partial charge in [0, 0.05) is 19.1 Å². The quantitative estimate of drug-likeness (QED) is 0.516. The maximum atomic E-state index is 10.1. The summed E-state index contributed by atoms with van der Waals surface area (Å²) in [4.78, 5) is 12.8. The van der Waals surface area contributed by atoms with Crippen molar-refractivity contribution in [2.75, 3.05) is 19.7 Å². The average Bonchev–Trinajstić information content (AvgIpc) is 2.21. The first-order valence-electron chi connectivity index (χ1n) is 6.16. The Morgan fingerprint density at radius 1 is 1.20 bits per heavy atom. The van der Waals surface area contributed by atoms with Gasteiger partial charge in [0.05, 0.1) is 6.61 Å². The standard InChI is InChI=1S/C12H19NO2/c14-8-15-2-1-12-11-4-9-3-10(5-11)7-13(12)6-9/h8-12H,1-7H2. The minimum Gasteiger partial charge on any atom is -0.468 e. The maximum absolute atomic E-state index is 10.1. The van der Waals surface area contributed by atoms with Crippen LogP contribution in [0.25, 0.3) is 0 Å². The van der Waals surface area contributed by atoms with Crippen LogP contribution in [0.4, 0.5) is 0 Å². The summed E-state index contributed by atoms with van der Waals surface area (Å²) in [6, 6.07) is 0.706. The third-order valence-electron chi connectivity index (χ3n) is 4.54. The van der Waals surface area contributed by atoms with Crippen LogP contribution in [0.3, 0.4) is 0 Å². The van der Waals surface area contributed by atoms with Gasteiger partial charge < -0.3 is 4.74 Å². The molecule has 4 bridgehead atoms. The fourth-order valence-corrected chi connectivity index (χ4v) is 4.19. The van der Waals surface area contributed by atoms with E-state index in [1.807, 2.05) is 0 Å². The summed E-state index contributed by atoms with van der Waals surface area (Å²) in [5.74, 6) is 2.85. The van der Waals surface area contributed by atoms with E-state index < -0.39 is 0 Å². The summed E-state index contributed by atoms with van der Waals surface area (Å²) >= 11 is 0. The van der Waals surface area contributed by atoms with Gasteiger partial charge in [-0.25, -0.2) is 0 Å². The number of nitrogens with zero attached hydrogens (tertiary/aromatic N) is 1. The molecule has 15 heavy (non-hydrogen) atoms. The molecule has 3 nitrogen and oxygen atoms in total. The molecule has 3 unspecified atom stereocenters. The number of hydrogen-bond donors (Lipinski definition) is 0. The third kappa shape index (κ3) is 1.67. The summed E-state index contributed by atoms with van der Waals surface area (Å²) in [5.41, 5.74) is 0. The number of carbonyl (C=O) groups excluding carboxylic acids is 1. The van der Waals surface area contributed by atoms with Gasteiger partial charge in [0.25, 0.3) is 6.47 Å². The number of carbonyl (C=O) groups is 1. The fraction of sp³-hybridized carbons (Fsp3) is 0.917. The van der Waals surface area contributed by atoms with E-state index in [9.17, 15) is 4.79 Å². The average molecular weight is 209 g/mol. The van der Waals surface area contributed by atoms with E-state index in [-0.39, 0.29) is 0 Å². The molecule has 4 aliphatic rings. The van der Waals surface area contributed by atoms with Crippen molar-refractivity contribution in [3.8, 4) is 0 Å². The number of rotatable bonds is 4. The normalized spacial score (nSPS) is 46.8. The zero-order valence-corrected chi connectivity index (χ0v) is 9.10. The molecule has 0 aromatic heterocycles. The molecule has 3 saturated heterocycles. The molecule has 84 valence electrons. The summed E-state index contributed by atoms with van der Waals surface area (Å²) < 4.78 is 4.83. The SMILES string of the molecule is O=COCCC1C2CC3CC(C2)CN1C3. The molecular formula is C12H19NO2. The molecule has 0 N–H and O–H groups in total. The van der Waals surface area contributed by atoms with Gasteiger partial charge >= 0.3 is 0 Å². The topological polar surface area (TPSA) is 29.5 Å². The van der Waals surface area contributed by atoms with Gasteiger partial charge in [-0.05, 0) is 43.4 Å². The maximum Gasteiger partial charge on any atom is 0.293 e. The van der Waals surface area contributed by atoms with E-state index in [2.05, 4.69) is 4.90 Å². The number of piperidine rings is 3. The molecule has 3 aliphatic heterocycles. The fourth-order valence-electron chi connectivity index (χ4n) is 4.19. The van der Waals surface area contributed by atoms with Crippen LogP contribution in [0.2, 0.25) is 0 Å². The van der Waals surface area contributed by atoms with E-state index in [4.69, 9.17) is 4.74 Å². The van der Waals surface area contributed by atoms with E-state index in [0.29, 0.717) is 19.1 Å². The molecule has 3 atom stereocenters. The lowest BCUT2D eigenvalue weighted by atomic mass is 9.64. The minimum atomic E-state index is 0.575. The molecular weight excluding hydrogens is 190 g/mol. The Bertz CT molecular complexity index is 226. The lowest BCUT2D eigenvalue weighted by Crippen LogP contribution is -2.59. The van der Waals surface area contributed by atoms with E-state index in [1.165, 1.54) is 32.4 Å². The predicted octanol–water partition coefficient (Wildman–Crippen LogP) is 1.28. The molecule has 3 heterocycles. The summed E-state index contributed by atoms with van der Waals surface area (Å²) in [6.45, 7) is 3.79. The van der Waals surface area contributed by atoms with Crippen LogP contribution in [0.5, 0.6) is 0 Å². The molecule has 0 aromatic carbocycles. The van der Waals surface area contributed by atoms with Crippen molar-refractivity contribution in [1.29, 1.82) is 0 Å². The molecule has 0 amide bonds. The van der Waals surface area contributed by atoms with Crippen LogP contribution in [-0.2, 0) is 9.53 Å². The van der Waals surface area contributed by atoms with E-state index in [1.54, 1.807) is 0 Å². The molecule has 0 spiro atoms. The third-order valence-corrected chi connectivity index (χ3v) is 4.54. The van der Waals surface area contributed by atoms with E-state index in [0.717, 1.165) is 24.2 Å². The van der Waals surface area contributed by atoms with Crippen molar-refractivity contribution in [3.05, 3.63) is 0 Å². The van der Waals surface area contributed by atoms with Crippen LogP contribution in [-0.4, -0.2) is 37.1 Å². The zero-order valence-electron chi connectivity index (χ0n) is 9.10. The Balaban J connectivity index is 1.62. The number of hydrogen-bond acceptors (Lipinski definition) is 3. The summed E-state index contributed by atoms with van der Waals surface area (Å²) in [6.07, 6.45) is 5.38. The van der Waals surface area contributed by atoms with Gasteiger partial charge in [-0.1, -0.05) is 0 Å². The van der Waals surface area contributed by atoms with Crippen molar-refractivity contribution in [2.24, 2.45) is 17.8 Å². The zero-order chi connectivity index (χ0) is 10.3. The van der Waals surface area contributed by atoms with Crippen molar-refractivity contribution < 1.29 is 9.53 Å². The largest absolute Gasteiger partial charge is 0.468 e. The predicted molar refractivity (Wildman–Crippen MR) is 56.3 cm³/mol. The van der Waals surface area contributed by atoms with Gasteiger partial charge in [-0.15, -0.1) is 0 Å². The van der Waals surface area contributed by atoms with Gasteiger partial charge in [-0.2, -0.15) is 0 Å². The molecule has 1 aliphatic carbocycles. The lowest BCUT2D eigenvalue weighted by Gasteiger charge is -2.56. The Morgan fingerprint density at radius 2 is 1.93 bits per heavy atom.